The molecule has 5 heteroatoms. The maximum atomic E-state index is 11.2. The van der Waals surface area contributed by atoms with Gasteiger partial charge in [0.1, 0.15) is 6.04 Å². The van der Waals surface area contributed by atoms with Crippen molar-refractivity contribution in [3.8, 4) is 6.07 Å². The second-order valence-corrected chi connectivity index (χ2v) is 3.29. The Balaban J connectivity index is 4.33. The summed E-state index contributed by atoms with van der Waals surface area (Å²) in [5, 5.41) is 10.5. The van der Waals surface area contributed by atoms with Crippen LogP contribution in [-0.4, -0.2) is 25.0 Å². The summed E-state index contributed by atoms with van der Waals surface area (Å²) in [6.07, 6.45) is 0.458. The fourth-order valence-electron chi connectivity index (χ4n) is 1.02. The van der Waals surface area contributed by atoms with Crippen LogP contribution < -0.4 is 5.32 Å². The van der Waals surface area contributed by atoms with Crippen molar-refractivity contribution in [2.24, 2.45) is 5.92 Å². The molecule has 0 aliphatic rings. The number of esters is 1. The second-order valence-electron chi connectivity index (χ2n) is 3.29. The van der Waals surface area contributed by atoms with E-state index in [1.807, 2.05) is 13.8 Å². The molecule has 0 saturated carbocycles. The molecule has 0 aliphatic carbocycles. The van der Waals surface area contributed by atoms with Gasteiger partial charge in [-0.05, 0) is 12.3 Å². The summed E-state index contributed by atoms with van der Waals surface area (Å²) in [5.41, 5.74) is 0. The number of hydrogen-bond donors (Lipinski definition) is 1. The highest BCUT2D eigenvalue weighted by molar-refractivity contribution is 5.94. The zero-order valence-corrected chi connectivity index (χ0v) is 8.53. The van der Waals surface area contributed by atoms with Gasteiger partial charge < -0.3 is 10.1 Å². The highest BCUT2D eigenvalue weighted by Crippen LogP contribution is 2.05. The first kappa shape index (κ1) is 12.4. The lowest BCUT2D eigenvalue weighted by Crippen LogP contribution is -2.41. The Kier molecular flexibility index (Phi) is 5.30. The first-order valence-corrected chi connectivity index (χ1v) is 4.29. The monoisotopic (exact) mass is 198 g/mol. The topological polar surface area (TPSA) is 79.2 Å². The average Bonchev–Trinajstić information content (AvgIpc) is 2.14. The maximum absolute atomic E-state index is 11.2. The molecule has 0 unspecified atom stereocenters. The third kappa shape index (κ3) is 4.45. The van der Waals surface area contributed by atoms with Gasteiger partial charge in [0.2, 0.25) is 0 Å². The predicted octanol–water partition coefficient (Wildman–Crippen LogP) is 0.214. The van der Waals surface area contributed by atoms with Gasteiger partial charge in [0.15, 0.2) is 6.07 Å². The van der Waals surface area contributed by atoms with Crippen molar-refractivity contribution in [2.45, 2.75) is 26.3 Å². The molecule has 0 aromatic carbocycles. The number of nitrogens with one attached hydrogen (secondary N) is 1. The number of carbonyl (C=O) groups excluding carboxylic acids is 2. The lowest BCUT2D eigenvalue weighted by molar-refractivity contribution is -0.145. The van der Waals surface area contributed by atoms with Gasteiger partial charge in [0.25, 0.3) is 0 Å². The van der Waals surface area contributed by atoms with Crippen LogP contribution in [0.25, 0.3) is 0 Å². The fraction of sp³-hybridized carbons (Fsp3) is 0.667. The number of carbonyl (C=O) groups is 2. The van der Waals surface area contributed by atoms with Crippen molar-refractivity contribution in [3.05, 3.63) is 0 Å². The number of ether oxygens (including phenoxy) is 1. The second kappa shape index (κ2) is 5.97. The zero-order valence-electron chi connectivity index (χ0n) is 8.53. The normalized spacial score (nSPS) is 11.6. The maximum Gasteiger partial charge on any atom is 0.328 e. The van der Waals surface area contributed by atoms with Crippen LogP contribution >= 0.6 is 0 Å². The molecule has 0 fully saturated rings. The van der Waals surface area contributed by atoms with Gasteiger partial charge in [0.05, 0.1) is 7.11 Å². The average molecular weight is 198 g/mol. The molecule has 5 nitrogen and oxygen atoms in total. The summed E-state index contributed by atoms with van der Waals surface area (Å²) in [6.45, 7) is 3.82. The Hall–Kier alpha value is -1.57. The van der Waals surface area contributed by atoms with E-state index >= 15 is 0 Å². The minimum absolute atomic E-state index is 0.234. The SMILES string of the molecule is COC(=O)[C@H](CC(C)C)NC(=O)C#N. The number of methoxy groups -OCH3 is 1. The quantitative estimate of drug-likeness (QED) is 0.517. The van der Waals surface area contributed by atoms with Crippen LogP contribution in [-0.2, 0) is 14.3 Å². The van der Waals surface area contributed by atoms with Crippen LogP contribution in [0.15, 0.2) is 0 Å². The van der Waals surface area contributed by atoms with Gasteiger partial charge >= 0.3 is 11.9 Å². The summed E-state index contributed by atoms with van der Waals surface area (Å²) < 4.78 is 4.50. The Labute approximate surface area is 83.0 Å². The Bertz CT molecular complexity index is 255. The molecule has 0 bridgehead atoms. The highest BCUT2D eigenvalue weighted by atomic mass is 16.5. The molecule has 1 atom stereocenters. The summed E-state index contributed by atoms with van der Waals surface area (Å²) in [6, 6.07) is 0.660. The molecular formula is C9H14N2O3. The van der Waals surface area contributed by atoms with E-state index in [1.54, 1.807) is 0 Å². The van der Waals surface area contributed by atoms with Gasteiger partial charge in [-0.25, -0.2) is 4.79 Å². The van der Waals surface area contributed by atoms with Gasteiger partial charge in [-0.15, -0.1) is 0 Å². The predicted molar refractivity (Wildman–Crippen MR) is 49.0 cm³/mol. The van der Waals surface area contributed by atoms with Gasteiger partial charge in [-0.1, -0.05) is 13.8 Å². The summed E-state index contributed by atoms with van der Waals surface area (Å²) in [7, 11) is 1.24. The van der Waals surface area contributed by atoms with Crippen LogP contribution in [0.4, 0.5) is 0 Å². The van der Waals surface area contributed by atoms with E-state index in [9.17, 15) is 9.59 Å². The van der Waals surface area contributed by atoms with Crippen molar-refractivity contribution in [2.75, 3.05) is 7.11 Å². The Morgan fingerprint density at radius 1 is 1.50 bits per heavy atom. The molecule has 0 radical (unpaired) electrons. The minimum atomic E-state index is -0.818. The standard InChI is InChI=1S/C9H14N2O3/c1-6(2)4-7(9(13)14-3)11-8(12)5-10/h6-7H,4H2,1-3H3,(H,11,12)/t7-/m0/s1. The first-order valence-electron chi connectivity index (χ1n) is 4.29. The lowest BCUT2D eigenvalue weighted by atomic mass is 10.0. The molecule has 14 heavy (non-hydrogen) atoms. The van der Waals surface area contributed by atoms with Crippen molar-refractivity contribution in [3.63, 3.8) is 0 Å². The summed E-state index contributed by atoms with van der Waals surface area (Å²) in [4.78, 5) is 21.9. The van der Waals surface area contributed by atoms with Crippen LogP contribution in [0.2, 0.25) is 0 Å². The molecule has 1 amide bonds. The smallest absolute Gasteiger partial charge is 0.328 e. The van der Waals surface area contributed by atoms with E-state index in [2.05, 4.69) is 10.1 Å². The molecule has 0 aliphatic heterocycles. The summed E-state index contributed by atoms with van der Waals surface area (Å²) in [5.74, 6) is -1.11. The highest BCUT2D eigenvalue weighted by Gasteiger charge is 2.22. The van der Waals surface area contributed by atoms with Gasteiger partial charge in [0, 0.05) is 0 Å². The first-order chi connectivity index (χ1) is 6.51. The van der Waals surface area contributed by atoms with E-state index in [0.29, 0.717) is 6.42 Å². The van der Waals surface area contributed by atoms with E-state index in [4.69, 9.17) is 5.26 Å². The third-order valence-electron chi connectivity index (χ3n) is 1.60. The number of hydrogen-bond acceptors (Lipinski definition) is 4. The number of nitriles is 1. The van der Waals surface area contributed by atoms with Crippen LogP contribution in [0.1, 0.15) is 20.3 Å². The molecule has 0 saturated heterocycles. The van der Waals surface area contributed by atoms with Crippen molar-refractivity contribution in [1.82, 2.24) is 5.32 Å². The molecule has 0 aromatic heterocycles. The number of rotatable bonds is 4. The molecule has 0 spiro atoms. The van der Waals surface area contributed by atoms with E-state index in [0.717, 1.165) is 0 Å². The zero-order chi connectivity index (χ0) is 11.1. The number of nitrogens with zero attached hydrogens (tertiary/aromatic N) is 1. The van der Waals surface area contributed by atoms with Crippen molar-refractivity contribution < 1.29 is 14.3 Å². The van der Waals surface area contributed by atoms with Gasteiger partial charge in [-0.2, -0.15) is 5.26 Å². The van der Waals surface area contributed by atoms with Crippen LogP contribution in [0.3, 0.4) is 0 Å². The molecule has 1 N–H and O–H groups in total. The van der Waals surface area contributed by atoms with E-state index in [-0.39, 0.29) is 5.92 Å². The molecule has 0 rings (SSSR count). The Morgan fingerprint density at radius 2 is 2.07 bits per heavy atom. The van der Waals surface area contributed by atoms with E-state index < -0.39 is 17.9 Å². The van der Waals surface area contributed by atoms with E-state index in [1.165, 1.54) is 13.2 Å². The van der Waals surface area contributed by atoms with Crippen LogP contribution in [0.5, 0.6) is 0 Å². The van der Waals surface area contributed by atoms with Crippen LogP contribution in [0, 0.1) is 17.2 Å². The van der Waals surface area contributed by atoms with Crippen molar-refractivity contribution >= 4 is 11.9 Å². The summed E-state index contributed by atoms with van der Waals surface area (Å²) >= 11 is 0. The van der Waals surface area contributed by atoms with Gasteiger partial charge in [-0.3, -0.25) is 4.79 Å². The fourth-order valence-corrected chi connectivity index (χ4v) is 1.02. The largest absolute Gasteiger partial charge is 0.467 e. The molecule has 78 valence electrons. The molecule has 0 heterocycles. The molecule has 0 aromatic rings. The third-order valence-corrected chi connectivity index (χ3v) is 1.60. The lowest BCUT2D eigenvalue weighted by Gasteiger charge is -2.16. The number of amides is 1. The minimum Gasteiger partial charge on any atom is -0.467 e. The molecular weight excluding hydrogens is 184 g/mol. The van der Waals surface area contributed by atoms with Crippen molar-refractivity contribution in [1.29, 1.82) is 5.26 Å². The Morgan fingerprint density at radius 3 is 2.43 bits per heavy atom.